The first-order valence-electron chi connectivity index (χ1n) is 2.93. The Morgan fingerprint density at radius 1 is 1.55 bits per heavy atom. The maximum atomic E-state index is 12.6. The lowest BCUT2D eigenvalue weighted by molar-refractivity contribution is 0.414. The van der Waals surface area contributed by atoms with Crippen LogP contribution in [0.3, 0.4) is 0 Å². The maximum absolute atomic E-state index is 12.6. The van der Waals surface area contributed by atoms with E-state index >= 15 is 0 Å². The molecular formula is C7H5BBrFO. The fourth-order valence-electron chi connectivity index (χ4n) is 0.796. The number of rotatable bonds is 1. The summed E-state index contributed by atoms with van der Waals surface area (Å²) in [6.45, 7) is 0. The largest absolute Gasteiger partial charge is 0.496 e. The van der Waals surface area contributed by atoms with Crippen LogP contribution in [0.5, 0.6) is 5.75 Å². The summed E-state index contributed by atoms with van der Waals surface area (Å²) >= 11 is 3.11. The second-order valence-electron chi connectivity index (χ2n) is 2.01. The highest BCUT2D eigenvalue weighted by molar-refractivity contribution is 9.10. The van der Waals surface area contributed by atoms with Crippen molar-refractivity contribution in [2.75, 3.05) is 7.11 Å². The van der Waals surface area contributed by atoms with Crippen molar-refractivity contribution in [3.05, 3.63) is 22.4 Å². The van der Waals surface area contributed by atoms with Gasteiger partial charge in [0.1, 0.15) is 19.4 Å². The lowest BCUT2D eigenvalue weighted by atomic mass is 9.95. The van der Waals surface area contributed by atoms with Crippen LogP contribution in [-0.2, 0) is 0 Å². The molecule has 0 fully saturated rings. The molecule has 0 saturated carbocycles. The second-order valence-corrected chi connectivity index (χ2v) is 2.86. The van der Waals surface area contributed by atoms with Crippen molar-refractivity contribution in [1.82, 2.24) is 0 Å². The van der Waals surface area contributed by atoms with Crippen molar-refractivity contribution < 1.29 is 9.13 Å². The molecule has 0 N–H and O–H groups in total. The van der Waals surface area contributed by atoms with E-state index in [-0.39, 0.29) is 5.82 Å². The quantitative estimate of drug-likeness (QED) is 0.643. The number of methoxy groups -OCH3 is 1. The number of benzene rings is 1. The fraction of sp³-hybridized carbons (Fsp3) is 0.143. The van der Waals surface area contributed by atoms with Gasteiger partial charge in [-0.3, -0.25) is 0 Å². The van der Waals surface area contributed by atoms with Crippen LogP contribution in [0.15, 0.2) is 16.6 Å². The third-order valence-corrected chi connectivity index (χ3v) is 1.83. The molecule has 0 aliphatic heterocycles. The average molecular weight is 215 g/mol. The molecule has 1 rings (SSSR count). The Labute approximate surface area is 74.1 Å². The minimum atomic E-state index is -0.379. The van der Waals surface area contributed by atoms with Gasteiger partial charge in [-0.2, -0.15) is 0 Å². The lowest BCUT2D eigenvalue weighted by Crippen LogP contribution is -2.08. The molecule has 56 valence electrons. The van der Waals surface area contributed by atoms with Gasteiger partial charge in [0, 0.05) is 0 Å². The van der Waals surface area contributed by atoms with Gasteiger partial charge in [0.05, 0.1) is 11.6 Å². The normalized spacial score (nSPS) is 9.73. The number of hydrogen-bond donors (Lipinski definition) is 0. The van der Waals surface area contributed by atoms with Gasteiger partial charge in [-0.25, -0.2) is 4.39 Å². The Morgan fingerprint density at radius 3 is 2.64 bits per heavy atom. The standard InChI is InChI=1S/C7H5BBrFO/c1-11-7-5(8)2-4(10)3-6(7)9/h2-3H,1H3. The average Bonchev–Trinajstić information content (AvgIpc) is 1.85. The highest BCUT2D eigenvalue weighted by atomic mass is 79.9. The van der Waals surface area contributed by atoms with E-state index in [4.69, 9.17) is 12.6 Å². The first kappa shape index (κ1) is 8.59. The molecule has 1 nitrogen and oxygen atoms in total. The summed E-state index contributed by atoms with van der Waals surface area (Å²) in [5.41, 5.74) is 0.291. The topological polar surface area (TPSA) is 9.23 Å². The maximum Gasteiger partial charge on any atom is 0.126 e. The molecule has 0 aliphatic carbocycles. The Hall–Kier alpha value is -0.505. The van der Waals surface area contributed by atoms with Crippen molar-refractivity contribution in [2.45, 2.75) is 0 Å². The van der Waals surface area contributed by atoms with E-state index in [2.05, 4.69) is 15.9 Å². The summed E-state index contributed by atoms with van der Waals surface area (Å²) in [4.78, 5) is 0. The van der Waals surface area contributed by atoms with Crippen molar-refractivity contribution in [1.29, 1.82) is 0 Å². The molecule has 0 spiro atoms. The summed E-state index contributed by atoms with van der Waals surface area (Å²) in [6.07, 6.45) is 0. The number of halogens is 2. The van der Waals surface area contributed by atoms with Gasteiger partial charge in [0.15, 0.2) is 0 Å². The van der Waals surface area contributed by atoms with E-state index in [9.17, 15) is 4.39 Å². The van der Waals surface area contributed by atoms with Crippen molar-refractivity contribution in [2.24, 2.45) is 0 Å². The van der Waals surface area contributed by atoms with Crippen molar-refractivity contribution >= 4 is 29.2 Å². The summed E-state index contributed by atoms with van der Waals surface area (Å²) in [5, 5.41) is 0. The Kier molecular flexibility index (Phi) is 2.55. The molecule has 0 bridgehead atoms. The predicted molar refractivity (Wildman–Crippen MR) is 46.0 cm³/mol. The molecule has 0 atom stereocenters. The molecular weight excluding hydrogens is 210 g/mol. The van der Waals surface area contributed by atoms with E-state index in [0.29, 0.717) is 15.7 Å². The van der Waals surface area contributed by atoms with E-state index in [0.717, 1.165) is 0 Å². The summed E-state index contributed by atoms with van der Waals surface area (Å²) in [7, 11) is 6.92. The van der Waals surface area contributed by atoms with Gasteiger partial charge in [-0.15, -0.1) is 0 Å². The van der Waals surface area contributed by atoms with Gasteiger partial charge in [0.25, 0.3) is 0 Å². The minimum absolute atomic E-state index is 0.291. The predicted octanol–water partition coefficient (Wildman–Crippen LogP) is 1.39. The van der Waals surface area contributed by atoms with Crippen molar-refractivity contribution in [3.63, 3.8) is 0 Å². The van der Waals surface area contributed by atoms with Crippen LogP contribution in [0.4, 0.5) is 4.39 Å². The van der Waals surface area contributed by atoms with E-state index in [1.807, 2.05) is 0 Å². The van der Waals surface area contributed by atoms with Crippen LogP contribution in [0.2, 0.25) is 0 Å². The van der Waals surface area contributed by atoms with Gasteiger partial charge < -0.3 is 4.74 Å². The Bertz CT molecular complexity index is 254. The van der Waals surface area contributed by atoms with E-state index in [1.165, 1.54) is 19.2 Å². The van der Waals surface area contributed by atoms with Crippen LogP contribution >= 0.6 is 15.9 Å². The molecule has 11 heavy (non-hydrogen) atoms. The van der Waals surface area contributed by atoms with Crippen LogP contribution in [-0.4, -0.2) is 15.0 Å². The lowest BCUT2D eigenvalue weighted by Gasteiger charge is -2.06. The van der Waals surface area contributed by atoms with E-state index in [1.54, 1.807) is 0 Å². The second kappa shape index (κ2) is 3.26. The molecule has 0 unspecified atom stereocenters. The summed E-state index contributed by atoms with van der Waals surface area (Å²) < 4.78 is 18.0. The highest BCUT2D eigenvalue weighted by Crippen LogP contribution is 2.22. The van der Waals surface area contributed by atoms with Crippen LogP contribution < -0.4 is 10.2 Å². The molecule has 4 heteroatoms. The molecule has 1 aromatic rings. The zero-order chi connectivity index (χ0) is 8.43. The van der Waals surface area contributed by atoms with Crippen molar-refractivity contribution in [3.8, 4) is 5.75 Å². The third kappa shape index (κ3) is 1.74. The molecule has 0 saturated heterocycles. The smallest absolute Gasteiger partial charge is 0.126 e. The summed E-state index contributed by atoms with van der Waals surface area (Å²) in [6, 6.07) is 2.51. The first-order chi connectivity index (χ1) is 5.15. The number of ether oxygens (including phenoxy) is 1. The molecule has 0 amide bonds. The third-order valence-electron chi connectivity index (χ3n) is 1.24. The van der Waals surface area contributed by atoms with Gasteiger partial charge >= 0.3 is 0 Å². The SMILES string of the molecule is [B]c1cc(F)cc(Br)c1OC. The van der Waals surface area contributed by atoms with Crippen LogP contribution in [0.1, 0.15) is 0 Å². The Balaban J connectivity index is 3.25. The zero-order valence-corrected chi connectivity index (χ0v) is 7.48. The van der Waals surface area contributed by atoms with E-state index < -0.39 is 0 Å². The fourth-order valence-corrected chi connectivity index (χ4v) is 1.41. The minimum Gasteiger partial charge on any atom is -0.496 e. The molecule has 0 heterocycles. The molecule has 0 aliphatic rings. The Morgan fingerprint density at radius 2 is 2.18 bits per heavy atom. The molecule has 0 aromatic heterocycles. The molecule has 2 radical (unpaired) electrons. The van der Waals surface area contributed by atoms with Crippen LogP contribution in [0, 0.1) is 5.82 Å². The van der Waals surface area contributed by atoms with Gasteiger partial charge in [-0.05, 0) is 28.1 Å². The number of hydrogen-bond acceptors (Lipinski definition) is 1. The zero-order valence-electron chi connectivity index (χ0n) is 5.90. The van der Waals surface area contributed by atoms with Crippen LogP contribution in [0.25, 0.3) is 0 Å². The summed E-state index contributed by atoms with van der Waals surface area (Å²) in [5.74, 6) is 0.0848. The first-order valence-corrected chi connectivity index (χ1v) is 3.73. The highest BCUT2D eigenvalue weighted by Gasteiger charge is 2.04. The van der Waals surface area contributed by atoms with Gasteiger partial charge in [-0.1, -0.05) is 5.46 Å². The monoisotopic (exact) mass is 214 g/mol. The van der Waals surface area contributed by atoms with Gasteiger partial charge in [0.2, 0.25) is 0 Å². The molecule has 1 aromatic carbocycles.